The second kappa shape index (κ2) is 8.16. The standard InChI is InChI=1S/C14H19NO5/c1-2-6-11(12(16)13(17)18)15-14(19)20-9-10-7-4-3-5-8-10/h3-5,7-8,11-12,16H,2,6,9H2,1H3,(H,15,19)(H,17,18)/t11?,12-/m0/s1. The van der Waals surface area contributed by atoms with Gasteiger partial charge in [0.1, 0.15) is 6.61 Å². The first-order chi connectivity index (χ1) is 9.54. The van der Waals surface area contributed by atoms with Gasteiger partial charge in [0.15, 0.2) is 6.10 Å². The zero-order chi connectivity index (χ0) is 15.0. The summed E-state index contributed by atoms with van der Waals surface area (Å²) in [5.41, 5.74) is 0.827. The third-order valence-electron chi connectivity index (χ3n) is 2.75. The van der Waals surface area contributed by atoms with E-state index in [1.807, 2.05) is 37.3 Å². The molecule has 0 fully saturated rings. The zero-order valence-electron chi connectivity index (χ0n) is 11.3. The molecule has 1 amide bonds. The highest BCUT2D eigenvalue weighted by Crippen LogP contribution is 2.05. The van der Waals surface area contributed by atoms with Crippen LogP contribution in [0.5, 0.6) is 0 Å². The molecule has 0 aliphatic rings. The normalized spacial score (nSPS) is 13.3. The van der Waals surface area contributed by atoms with Gasteiger partial charge in [0.2, 0.25) is 0 Å². The Morgan fingerprint density at radius 3 is 2.50 bits per heavy atom. The van der Waals surface area contributed by atoms with Crippen LogP contribution in [0.2, 0.25) is 0 Å². The summed E-state index contributed by atoms with van der Waals surface area (Å²) in [4.78, 5) is 22.3. The summed E-state index contributed by atoms with van der Waals surface area (Å²) >= 11 is 0. The largest absolute Gasteiger partial charge is 0.479 e. The number of amides is 1. The number of aliphatic hydroxyl groups is 1. The van der Waals surface area contributed by atoms with Crippen molar-refractivity contribution in [1.29, 1.82) is 0 Å². The number of benzene rings is 1. The van der Waals surface area contributed by atoms with Crippen LogP contribution < -0.4 is 5.32 Å². The lowest BCUT2D eigenvalue weighted by Gasteiger charge is -2.20. The maximum absolute atomic E-state index is 11.6. The highest BCUT2D eigenvalue weighted by atomic mass is 16.5. The van der Waals surface area contributed by atoms with Crippen molar-refractivity contribution in [2.24, 2.45) is 0 Å². The zero-order valence-corrected chi connectivity index (χ0v) is 11.3. The molecule has 0 radical (unpaired) electrons. The fourth-order valence-corrected chi connectivity index (χ4v) is 1.71. The Balaban J connectivity index is 2.47. The van der Waals surface area contributed by atoms with Gasteiger partial charge in [0.25, 0.3) is 0 Å². The van der Waals surface area contributed by atoms with Gasteiger partial charge in [-0.05, 0) is 12.0 Å². The molecule has 1 unspecified atom stereocenters. The van der Waals surface area contributed by atoms with Gasteiger partial charge in [-0.25, -0.2) is 9.59 Å². The second-order valence-electron chi connectivity index (χ2n) is 4.38. The molecule has 0 aromatic heterocycles. The highest BCUT2D eigenvalue weighted by molar-refractivity contribution is 5.75. The molecule has 2 atom stereocenters. The number of carboxylic acid groups (broad SMARTS) is 1. The number of aliphatic hydroxyl groups excluding tert-OH is 1. The van der Waals surface area contributed by atoms with Crippen LogP contribution in [0.4, 0.5) is 4.79 Å². The molecule has 6 heteroatoms. The van der Waals surface area contributed by atoms with E-state index in [0.717, 1.165) is 5.56 Å². The van der Waals surface area contributed by atoms with Crippen molar-refractivity contribution < 1.29 is 24.5 Å². The van der Waals surface area contributed by atoms with Gasteiger partial charge >= 0.3 is 12.1 Å². The molecule has 20 heavy (non-hydrogen) atoms. The Kier molecular flexibility index (Phi) is 6.52. The van der Waals surface area contributed by atoms with E-state index in [2.05, 4.69) is 5.32 Å². The van der Waals surface area contributed by atoms with Crippen molar-refractivity contribution >= 4 is 12.1 Å². The minimum Gasteiger partial charge on any atom is -0.479 e. The van der Waals surface area contributed by atoms with Crippen molar-refractivity contribution in [1.82, 2.24) is 5.32 Å². The molecule has 3 N–H and O–H groups in total. The van der Waals surface area contributed by atoms with E-state index in [4.69, 9.17) is 9.84 Å². The Labute approximate surface area is 117 Å². The predicted octanol–water partition coefficient (Wildman–Crippen LogP) is 1.53. The molecular weight excluding hydrogens is 262 g/mol. The minimum atomic E-state index is -1.64. The summed E-state index contributed by atoms with van der Waals surface area (Å²) in [6.07, 6.45) is -1.39. The van der Waals surface area contributed by atoms with Crippen LogP contribution in [0.15, 0.2) is 30.3 Å². The lowest BCUT2D eigenvalue weighted by Crippen LogP contribution is -2.47. The van der Waals surface area contributed by atoms with E-state index in [0.29, 0.717) is 12.8 Å². The first-order valence-corrected chi connectivity index (χ1v) is 6.42. The third kappa shape index (κ3) is 5.27. The van der Waals surface area contributed by atoms with Gasteiger partial charge in [-0.3, -0.25) is 0 Å². The van der Waals surface area contributed by atoms with Crippen molar-refractivity contribution in [2.75, 3.05) is 0 Å². The van der Waals surface area contributed by atoms with Crippen LogP contribution in [-0.4, -0.2) is 34.4 Å². The summed E-state index contributed by atoms with van der Waals surface area (Å²) in [5, 5.41) is 20.6. The van der Waals surface area contributed by atoms with E-state index in [1.54, 1.807) is 0 Å². The molecule has 110 valence electrons. The smallest absolute Gasteiger partial charge is 0.407 e. The van der Waals surface area contributed by atoms with Crippen molar-refractivity contribution in [2.45, 2.75) is 38.5 Å². The summed E-state index contributed by atoms with van der Waals surface area (Å²) < 4.78 is 4.98. The molecule has 0 saturated carbocycles. The molecule has 0 heterocycles. The van der Waals surface area contributed by atoms with Crippen molar-refractivity contribution in [3.05, 3.63) is 35.9 Å². The van der Waals surface area contributed by atoms with Crippen LogP contribution >= 0.6 is 0 Å². The fourth-order valence-electron chi connectivity index (χ4n) is 1.71. The van der Waals surface area contributed by atoms with E-state index >= 15 is 0 Å². The summed E-state index contributed by atoms with van der Waals surface area (Å²) in [6.45, 7) is 1.92. The van der Waals surface area contributed by atoms with Gasteiger partial charge in [0.05, 0.1) is 6.04 Å². The Morgan fingerprint density at radius 1 is 1.30 bits per heavy atom. The van der Waals surface area contributed by atoms with E-state index in [9.17, 15) is 14.7 Å². The monoisotopic (exact) mass is 281 g/mol. The third-order valence-corrected chi connectivity index (χ3v) is 2.75. The lowest BCUT2D eigenvalue weighted by molar-refractivity contribution is -0.148. The SMILES string of the molecule is CCCC(NC(=O)OCc1ccccc1)[C@H](O)C(=O)O. The molecule has 0 spiro atoms. The first kappa shape index (κ1) is 16.0. The number of nitrogens with one attached hydrogen (secondary N) is 1. The number of carbonyl (C=O) groups excluding carboxylic acids is 1. The second-order valence-corrected chi connectivity index (χ2v) is 4.38. The summed E-state index contributed by atoms with van der Waals surface area (Å²) in [7, 11) is 0. The number of hydrogen-bond donors (Lipinski definition) is 3. The number of carboxylic acids is 1. The molecule has 1 aromatic carbocycles. The molecule has 0 aliphatic heterocycles. The first-order valence-electron chi connectivity index (χ1n) is 6.42. The fraction of sp³-hybridized carbons (Fsp3) is 0.429. The van der Waals surface area contributed by atoms with Crippen LogP contribution in [0.1, 0.15) is 25.3 Å². The maximum atomic E-state index is 11.6. The molecule has 6 nitrogen and oxygen atoms in total. The molecule has 1 aromatic rings. The quantitative estimate of drug-likeness (QED) is 0.704. The average Bonchev–Trinajstić information content (AvgIpc) is 2.45. The topological polar surface area (TPSA) is 95.9 Å². The number of rotatable bonds is 7. The highest BCUT2D eigenvalue weighted by Gasteiger charge is 2.26. The molecule has 0 saturated heterocycles. The van der Waals surface area contributed by atoms with Crippen molar-refractivity contribution in [3.8, 4) is 0 Å². The number of ether oxygens (including phenoxy) is 1. The molecule has 1 rings (SSSR count). The van der Waals surface area contributed by atoms with Gasteiger partial charge in [0, 0.05) is 0 Å². The van der Waals surface area contributed by atoms with E-state index < -0.39 is 24.2 Å². The van der Waals surface area contributed by atoms with Crippen LogP contribution in [0, 0.1) is 0 Å². The maximum Gasteiger partial charge on any atom is 0.407 e. The Bertz CT molecular complexity index is 434. The van der Waals surface area contributed by atoms with Crippen LogP contribution in [0.25, 0.3) is 0 Å². The van der Waals surface area contributed by atoms with Gasteiger partial charge in [-0.2, -0.15) is 0 Å². The average molecular weight is 281 g/mol. The summed E-state index contributed by atoms with van der Waals surface area (Å²) in [6, 6.07) is 8.26. The number of carbonyl (C=O) groups is 2. The lowest BCUT2D eigenvalue weighted by atomic mass is 10.1. The Morgan fingerprint density at radius 2 is 1.95 bits per heavy atom. The minimum absolute atomic E-state index is 0.0919. The number of hydrogen-bond acceptors (Lipinski definition) is 4. The van der Waals surface area contributed by atoms with Gasteiger partial charge in [-0.15, -0.1) is 0 Å². The summed E-state index contributed by atoms with van der Waals surface area (Å²) in [5.74, 6) is -1.37. The Hall–Kier alpha value is -2.08. The predicted molar refractivity (Wildman–Crippen MR) is 72.1 cm³/mol. The molecular formula is C14H19NO5. The van der Waals surface area contributed by atoms with Gasteiger partial charge < -0.3 is 20.3 Å². The number of alkyl carbamates (subject to hydrolysis) is 1. The van der Waals surface area contributed by atoms with Crippen LogP contribution in [-0.2, 0) is 16.1 Å². The van der Waals surface area contributed by atoms with E-state index in [1.165, 1.54) is 0 Å². The van der Waals surface area contributed by atoms with E-state index in [-0.39, 0.29) is 6.61 Å². The molecule has 0 bridgehead atoms. The van der Waals surface area contributed by atoms with Crippen LogP contribution in [0.3, 0.4) is 0 Å². The van der Waals surface area contributed by atoms with Gasteiger partial charge in [-0.1, -0.05) is 43.7 Å². The van der Waals surface area contributed by atoms with Crippen molar-refractivity contribution in [3.63, 3.8) is 0 Å². The molecule has 0 aliphatic carbocycles. The number of aliphatic carboxylic acids is 1.